The molecule has 0 aliphatic rings. The van der Waals surface area contributed by atoms with Crippen molar-refractivity contribution in [2.24, 2.45) is 33.7 Å². The molecular weight excluding hydrogens is 514 g/mol. The maximum Gasteiger partial charge on any atom is 0.326 e. The van der Waals surface area contributed by atoms with Crippen LogP contribution in [0, 0.1) is 0 Å². The zero-order valence-corrected chi connectivity index (χ0v) is 21.6. The Morgan fingerprint density at radius 2 is 1.56 bits per heavy atom. The molecule has 0 spiro atoms. The molecule has 1 aromatic rings. The van der Waals surface area contributed by atoms with Gasteiger partial charge < -0.3 is 54.7 Å². The first kappa shape index (κ1) is 32.8. The Morgan fingerprint density at radius 1 is 0.923 bits per heavy atom. The van der Waals surface area contributed by atoms with Gasteiger partial charge in [0.1, 0.15) is 18.1 Å². The standard InChI is InChI=1S/C22H39N11O6/c23-6-2-1-5-14(19(36)33-16(21(38)39)8-12-10-28-11-30-12)31-20(37)15(9-17(25)34)32-18(35)13(24)4-3-7-29-22(26)27/h10-11,13-16H,1-9,23-24H2,(H2,25,34)(H,28,30)(H,31,37)(H,32,35)(H,33,36)(H,38,39)(H4,26,27,29). The van der Waals surface area contributed by atoms with Crippen LogP contribution >= 0.6 is 0 Å². The molecular formula is C22H39N11O6. The summed E-state index contributed by atoms with van der Waals surface area (Å²) in [4.78, 5) is 72.3. The molecule has 0 saturated heterocycles. The molecule has 4 atom stereocenters. The fraction of sp³-hybridized carbons (Fsp3) is 0.591. The summed E-state index contributed by atoms with van der Waals surface area (Å²) in [5, 5.41) is 16.8. The van der Waals surface area contributed by atoms with Crippen LogP contribution in [-0.2, 0) is 30.4 Å². The minimum Gasteiger partial charge on any atom is -0.480 e. The fourth-order valence-corrected chi connectivity index (χ4v) is 3.46. The lowest BCUT2D eigenvalue weighted by molar-refractivity contribution is -0.142. The molecule has 0 aliphatic heterocycles. The van der Waals surface area contributed by atoms with E-state index >= 15 is 0 Å². The summed E-state index contributed by atoms with van der Waals surface area (Å²) in [6, 6.07) is -4.97. The van der Waals surface area contributed by atoms with E-state index < -0.39 is 60.2 Å². The lowest BCUT2D eigenvalue weighted by atomic mass is 10.0. The lowest BCUT2D eigenvalue weighted by Gasteiger charge is -2.25. The van der Waals surface area contributed by atoms with Gasteiger partial charge in [-0.2, -0.15) is 0 Å². The number of primary amides is 1. The number of nitrogens with zero attached hydrogens (tertiary/aromatic N) is 2. The number of nitrogens with two attached hydrogens (primary N) is 5. The van der Waals surface area contributed by atoms with Crippen molar-refractivity contribution in [3.63, 3.8) is 0 Å². The number of aliphatic carboxylic acids is 1. The van der Waals surface area contributed by atoms with Gasteiger partial charge in [0.2, 0.25) is 23.6 Å². The zero-order chi connectivity index (χ0) is 29.4. The molecule has 0 bridgehead atoms. The van der Waals surface area contributed by atoms with Crippen LogP contribution in [0.3, 0.4) is 0 Å². The van der Waals surface area contributed by atoms with Crippen LogP contribution in [0.4, 0.5) is 0 Å². The number of carbonyl (C=O) groups excluding carboxylic acids is 4. The fourth-order valence-electron chi connectivity index (χ4n) is 3.46. The number of guanidine groups is 1. The van der Waals surface area contributed by atoms with Gasteiger partial charge in [0.25, 0.3) is 0 Å². The second-order valence-electron chi connectivity index (χ2n) is 8.81. The summed E-state index contributed by atoms with van der Waals surface area (Å²) in [6.07, 6.45) is 3.80. The van der Waals surface area contributed by atoms with Gasteiger partial charge >= 0.3 is 5.97 Å². The Balaban J connectivity index is 2.93. The molecule has 1 aromatic heterocycles. The number of aromatic amines is 1. The van der Waals surface area contributed by atoms with Crippen LogP contribution in [-0.4, -0.2) is 87.9 Å². The van der Waals surface area contributed by atoms with E-state index in [9.17, 15) is 29.1 Å². The SMILES string of the molecule is NCCCCC(NC(=O)C(CC(N)=O)NC(=O)C(N)CCCN=C(N)N)C(=O)NC(Cc1cnc[nH]1)C(=O)O. The molecule has 4 amide bonds. The van der Waals surface area contributed by atoms with E-state index in [1.165, 1.54) is 12.5 Å². The number of aromatic nitrogens is 2. The first-order valence-corrected chi connectivity index (χ1v) is 12.3. The van der Waals surface area contributed by atoms with Gasteiger partial charge in [-0.3, -0.25) is 24.2 Å². The highest BCUT2D eigenvalue weighted by Crippen LogP contribution is 2.06. The second kappa shape index (κ2) is 17.3. The Kier molecular flexibility index (Phi) is 14.5. The second-order valence-corrected chi connectivity index (χ2v) is 8.81. The van der Waals surface area contributed by atoms with E-state index in [-0.39, 0.29) is 31.8 Å². The predicted octanol–water partition coefficient (Wildman–Crippen LogP) is -4.12. The maximum atomic E-state index is 13.0. The topological polar surface area (TPSA) is 313 Å². The number of H-pyrrole nitrogens is 1. The van der Waals surface area contributed by atoms with E-state index in [1.807, 2.05) is 0 Å². The molecule has 15 N–H and O–H groups in total. The third kappa shape index (κ3) is 13.2. The normalized spacial score (nSPS) is 13.8. The number of hydrogen-bond acceptors (Lipinski definition) is 9. The Labute approximate surface area is 225 Å². The number of carbonyl (C=O) groups is 5. The van der Waals surface area contributed by atoms with Gasteiger partial charge in [-0.15, -0.1) is 0 Å². The molecule has 0 saturated carbocycles. The van der Waals surface area contributed by atoms with Crippen LogP contribution in [0.25, 0.3) is 0 Å². The molecule has 1 rings (SSSR count). The largest absolute Gasteiger partial charge is 0.480 e. The minimum absolute atomic E-state index is 0.0774. The molecule has 0 aliphatic carbocycles. The van der Waals surface area contributed by atoms with Crippen LogP contribution < -0.4 is 44.6 Å². The smallest absolute Gasteiger partial charge is 0.326 e. The lowest BCUT2D eigenvalue weighted by Crippen LogP contribution is -2.57. The molecule has 17 heteroatoms. The van der Waals surface area contributed by atoms with Crippen molar-refractivity contribution >= 4 is 35.6 Å². The van der Waals surface area contributed by atoms with Gasteiger partial charge in [-0.25, -0.2) is 9.78 Å². The number of unbranched alkanes of at least 4 members (excludes halogenated alkanes) is 1. The average molecular weight is 554 g/mol. The van der Waals surface area contributed by atoms with Gasteiger partial charge in [0.05, 0.1) is 18.8 Å². The molecule has 39 heavy (non-hydrogen) atoms. The van der Waals surface area contributed by atoms with E-state index in [4.69, 9.17) is 28.7 Å². The number of aliphatic imine (C=N–C) groups is 1. The van der Waals surface area contributed by atoms with Gasteiger partial charge in [0, 0.05) is 24.9 Å². The summed E-state index contributed by atoms with van der Waals surface area (Å²) < 4.78 is 0. The Hall–Kier alpha value is -4.25. The summed E-state index contributed by atoms with van der Waals surface area (Å²) >= 11 is 0. The maximum absolute atomic E-state index is 13.0. The molecule has 0 aromatic carbocycles. The van der Waals surface area contributed by atoms with Crippen LogP contribution in [0.2, 0.25) is 0 Å². The Bertz CT molecular complexity index is 981. The van der Waals surface area contributed by atoms with Crippen molar-refractivity contribution < 1.29 is 29.1 Å². The number of amides is 4. The molecule has 218 valence electrons. The van der Waals surface area contributed by atoms with Crippen LogP contribution in [0.1, 0.15) is 44.2 Å². The molecule has 0 fully saturated rings. The quantitative estimate of drug-likeness (QED) is 0.0445. The number of imidazole rings is 1. The first-order valence-electron chi connectivity index (χ1n) is 12.3. The zero-order valence-electron chi connectivity index (χ0n) is 21.6. The number of hydrogen-bond donors (Lipinski definition) is 10. The van der Waals surface area contributed by atoms with Crippen LogP contribution in [0.5, 0.6) is 0 Å². The highest BCUT2D eigenvalue weighted by Gasteiger charge is 2.31. The molecule has 4 unspecified atom stereocenters. The van der Waals surface area contributed by atoms with Crippen molar-refractivity contribution in [2.45, 2.75) is 69.1 Å². The summed E-state index contributed by atoms with van der Waals surface area (Å²) in [6.45, 7) is 0.576. The van der Waals surface area contributed by atoms with Crippen molar-refractivity contribution in [3.05, 3.63) is 18.2 Å². The van der Waals surface area contributed by atoms with Crippen molar-refractivity contribution in [1.29, 1.82) is 0 Å². The molecule has 0 radical (unpaired) electrons. The monoisotopic (exact) mass is 553 g/mol. The average Bonchev–Trinajstić information content (AvgIpc) is 3.37. The van der Waals surface area contributed by atoms with E-state index in [0.717, 1.165) is 0 Å². The minimum atomic E-state index is -1.43. The van der Waals surface area contributed by atoms with E-state index in [0.29, 0.717) is 31.5 Å². The third-order valence-electron chi connectivity index (χ3n) is 5.52. The van der Waals surface area contributed by atoms with Crippen molar-refractivity contribution in [3.8, 4) is 0 Å². The highest BCUT2D eigenvalue weighted by molar-refractivity contribution is 5.96. The summed E-state index contributed by atoms with van der Waals surface area (Å²) in [5.41, 5.74) is 27.6. The van der Waals surface area contributed by atoms with E-state index in [1.54, 1.807) is 0 Å². The Morgan fingerprint density at radius 3 is 2.13 bits per heavy atom. The van der Waals surface area contributed by atoms with Gasteiger partial charge in [0.15, 0.2) is 5.96 Å². The van der Waals surface area contributed by atoms with Crippen molar-refractivity contribution in [2.75, 3.05) is 13.1 Å². The summed E-state index contributed by atoms with van der Waals surface area (Å²) in [5.74, 6) is -4.65. The molecule has 1 heterocycles. The van der Waals surface area contributed by atoms with Gasteiger partial charge in [-0.05, 0) is 38.6 Å². The van der Waals surface area contributed by atoms with Crippen molar-refractivity contribution in [1.82, 2.24) is 25.9 Å². The molecule has 17 nitrogen and oxygen atoms in total. The first-order chi connectivity index (χ1) is 18.4. The number of rotatable bonds is 19. The summed E-state index contributed by atoms with van der Waals surface area (Å²) in [7, 11) is 0. The number of carboxylic acid groups (broad SMARTS) is 1. The van der Waals surface area contributed by atoms with E-state index in [2.05, 4.69) is 30.9 Å². The van der Waals surface area contributed by atoms with Gasteiger partial charge in [-0.1, -0.05) is 0 Å². The predicted molar refractivity (Wildman–Crippen MR) is 140 cm³/mol. The number of carboxylic acids is 1. The number of nitrogens with one attached hydrogen (secondary N) is 4. The highest BCUT2D eigenvalue weighted by atomic mass is 16.4. The van der Waals surface area contributed by atoms with Crippen LogP contribution in [0.15, 0.2) is 17.5 Å². The third-order valence-corrected chi connectivity index (χ3v) is 5.52.